The fourth-order valence-corrected chi connectivity index (χ4v) is 3.46. The molecule has 8 nitrogen and oxygen atoms in total. The van der Waals surface area contributed by atoms with Gasteiger partial charge >= 0.3 is 5.69 Å². The molecule has 2 N–H and O–H groups in total. The Kier molecular flexibility index (Phi) is 5.58. The first-order valence-electron chi connectivity index (χ1n) is 9.58. The SMILES string of the molecule is CCCC(CC)Nc1nc2c(c(=O)n(C)c(=O)n2C)n1Cc1cccc(O)c1. The van der Waals surface area contributed by atoms with Gasteiger partial charge in [0.05, 0.1) is 6.54 Å². The molecule has 1 unspecified atom stereocenters. The Bertz CT molecular complexity index is 1110. The Morgan fingerprint density at radius 1 is 1.18 bits per heavy atom. The van der Waals surface area contributed by atoms with E-state index in [4.69, 9.17) is 0 Å². The summed E-state index contributed by atoms with van der Waals surface area (Å²) < 4.78 is 4.28. The number of aryl methyl sites for hydroxylation is 1. The average Bonchev–Trinajstić information content (AvgIpc) is 3.02. The van der Waals surface area contributed by atoms with Gasteiger partial charge in [0.25, 0.3) is 5.56 Å². The molecule has 2 aromatic heterocycles. The maximum atomic E-state index is 12.9. The highest BCUT2D eigenvalue weighted by atomic mass is 16.3. The third-order valence-electron chi connectivity index (χ3n) is 5.06. The lowest BCUT2D eigenvalue weighted by atomic mass is 10.1. The first-order chi connectivity index (χ1) is 13.4. The number of hydrogen-bond donors (Lipinski definition) is 2. The normalized spacial score (nSPS) is 12.4. The van der Waals surface area contributed by atoms with Gasteiger partial charge in [-0.15, -0.1) is 0 Å². The van der Waals surface area contributed by atoms with Crippen LogP contribution in [0.4, 0.5) is 5.95 Å². The topological polar surface area (TPSA) is 94.1 Å². The molecule has 150 valence electrons. The second-order valence-corrected chi connectivity index (χ2v) is 7.11. The number of anilines is 1. The van der Waals surface area contributed by atoms with Crippen LogP contribution in [0.2, 0.25) is 0 Å². The van der Waals surface area contributed by atoms with E-state index in [2.05, 4.69) is 24.1 Å². The van der Waals surface area contributed by atoms with Crippen molar-refractivity contribution < 1.29 is 5.11 Å². The van der Waals surface area contributed by atoms with Gasteiger partial charge < -0.3 is 10.4 Å². The molecular formula is C20H27N5O3. The Morgan fingerprint density at radius 3 is 2.57 bits per heavy atom. The van der Waals surface area contributed by atoms with Crippen LogP contribution in [0, 0.1) is 0 Å². The second kappa shape index (κ2) is 7.92. The summed E-state index contributed by atoms with van der Waals surface area (Å²) in [5.74, 6) is 0.714. The fraction of sp³-hybridized carbons (Fsp3) is 0.450. The predicted octanol–water partition coefficient (Wildman–Crippen LogP) is 2.18. The lowest BCUT2D eigenvalue weighted by Crippen LogP contribution is -2.37. The minimum absolute atomic E-state index is 0.161. The van der Waals surface area contributed by atoms with Gasteiger partial charge in [0.2, 0.25) is 5.95 Å². The van der Waals surface area contributed by atoms with Crippen LogP contribution in [0.25, 0.3) is 11.2 Å². The molecular weight excluding hydrogens is 358 g/mol. The van der Waals surface area contributed by atoms with Gasteiger partial charge in [-0.25, -0.2) is 4.79 Å². The summed E-state index contributed by atoms with van der Waals surface area (Å²) in [6.07, 6.45) is 2.92. The molecule has 0 saturated carbocycles. The van der Waals surface area contributed by atoms with Crippen molar-refractivity contribution in [2.45, 2.75) is 45.7 Å². The smallest absolute Gasteiger partial charge is 0.332 e. The minimum atomic E-state index is -0.411. The highest BCUT2D eigenvalue weighted by Crippen LogP contribution is 2.21. The molecule has 3 rings (SSSR count). The highest BCUT2D eigenvalue weighted by Gasteiger charge is 2.20. The molecule has 3 aromatic rings. The molecule has 0 spiro atoms. The third kappa shape index (κ3) is 3.54. The van der Waals surface area contributed by atoms with E-state index in [1.54, 1.807) is 29.8 Å². The van der Waals surface area contributed by atoms with E-state index in [0.29, 0.717) is 23.7 Å². The number of rotatable bonds is 7. The first kappa shape index (κ1) is 19.7. The van der Waals surface area contributed by atoms with Crippen LogP contribution in [0.1, 0.15) is 38.7 Å². The van der Waals surface area contributed by atoms with E-state index < -0.39 is 5.69 Å². The Hall–Kier alpha value is -3.03. The molecule has 1 aromatic carbocycles. The number of phenols is 1. The van der Waals surface area contributed by atoms with E-state index in [-0.39, 0.29) is 17.4 Å². The summed E-state index contributed by atoms with van der Waals surface area (Å²) in [7, 11) is 3.08. The number of phenolic OH excluding ortho intramolecular Hbond substituents is 1. The Balaban J connectivity index is 2.23. The molecule has 0 bridgehead atoms. The number of fused-ring (bicyclic) bond motifs is 1. The zero-order chi connectivity index (χ0) is 20.4. The lowest BCUT2D eigenvalue weighted by Gasteiger charge is -2.18. The van der Waals surface area contributed by atoms with Crippen molar-refractivity contribution in [3.63, 3.8) is 0 Å². The Labute approximate surface area is 163 Å². The molecule has 0 aliphatic rings. The monoisotopic (exact) mass is 385 g/mol. The molecule has 2 heterocycles. The fourth-order valence-electron chi connectivity index (χ4n) is 3.46. The van der Waals surface area contributed by atoms with Crippen molar-refractivity contribution in [3.05, 3.63) is 50.7 Å². The van der Waals surface area contributed by atoms with E-state index in [1.807, 2.05) is 6.07 Å². The average molecular weight is 385 g/mol. The number of imidazole rings is 1. The van der Waals surface area contributed by atoms with Gasteiger partial charge in [0.15, 0.2) is 11.2 Å². The number of aromatic hydroxyl groups is 1. The second-order valence-electron chi connectivity index (χ2n) is 7.11. The van der Waals surface area contributed by atoms with Crippen LogP contribution >= 0.6 is 0 Å². The van der Waals surface area contributed by atoms with Crippen molar-refractivity contribution in [2.24, 2.45) is 14.1 Å². The van der Waals surface area contributed by atoms with Gasteiger partial charge in [0, 0.05) is 20.1 Å². The van der Waals surface area contributed by atoms with Crippen LogP contribution in [-0.2, 0) is 20.6 Å². The van der Waals surface area contributed by atoms with E-state index in [1.165, 1.54) is 11.6 Å². The van der Waals surface area contributed by atoms with Gasteiger partial charge in [0.1, 0.15) is 5.75 Å². The number of benzene rings is 1. The van der Waals surface area contributed by atoms with Crippen molar-refractivity contribution in [3.8, 4) is 5.75 Å². The molecule has 1 atom stereocenters. The van der Waals surface area contributed by atoms with Crippen LogP contribution < -0.4 is 16.6 Å². The minimum Gasteiger partial charge on any atom is -0.508 e. The van der Waals surface area contributed by atoms with Crippen LogP contribution in [0.5, 0.6) is 5.75 Å². The van der Waals surface area contributed by atoms with Crippen molar-refractivity contribution in [1.29, 1.82) is 0 Å². The van der Waals surface area contributed by atoms with E-state index >= 15 is 0 Å². The predicted molar refractivity (Wildman–Crippen MR) is 110 cm³/mol. The first-order valence-corrected chi connectivity index (χ1v) is 9.58. The lowest BCUT2D eigenvalue weighted by molar-refractivity contribution is 0.474. The molecule has 0 saturated heterocycles. The van der Waals surface area contributed by atoms with Gasteiger partial charge in [-0.2, -0.15) is 4.98 Å². The number of nitrogens with one attached hydrogen (secondary N) is 1. The van der Waals surface area contributed by atoms with E-state index in [9.17, 15) is 14.7 Å². The van der Waals surface area contributed by atoms with Crippen molar-refractivity contribution in [2.75, 3.05) is 5.32 Å². The highest BCUT2D eigenvalue weighted by molar-refractivity contribution is 5.74. The number of nitrogens with zero attached hydrogens (tertiary/aromatic N) is 4. The van der Waals surface area contributed by atoms with Crippen LogP contribution in [0.3, 0.4) is 0 Å². The summed E-state index contributed by atoms with van der Waals surface area (Å²) in [6.45, 7) is 4.58. The van der Waals surface area contributed by atoms with Crippen LogP contribution in [-0.4, -0.2) is 29.8 Å². The molecule has 28 heavy (non-hydrogen) atoms. The molecule has 8 heteroatoms. The summed E-state index contributed by atoms with van der Waals surface area (Å²) in [6, 6.07) is 7.12. The maximum absolute atomic E-state index is 12.9. The third-order valence-corrected chi connectivity index (χ3v) is 5.06. The quantitative estimate of drug-likeness (QED) is 0.650. The zero-order valence-corrected chi connectivity index (χ0v) is 16.8. The summed E-state index contributed by atoms with van der Waals surface area (Å²) in [4.78, 5) is 29.8. The van der Waals surface area contributed by atoms with Gasteiger partial charge in [-0.05, 0) is 30.5 Å². The molecule has 0 amide bonds. The molecule has 0 aliphatic carbocycles. The van der Waals surface area contributed by atoms with Crippen molar-refractivity contribution >= 4 is 17.1 Å². The molecule has 0 aliphatic heterocycles. The van der Waals surface area contributed by atoms with Crippen LogP contribution in [0.15, 0.2) is 33.9 Å². The number of aromatic nitrogens is 4. The summed E-state index contributed by atoms with van der Waals surface area (Å²) >= 11 is 0. The van der Waals surface area contributed by atoms with Gasteiger partial charge in [-0.3, -0.25) is 18.5 Å². The largest absolute Gasteiger partial charge is 0.508 e. The molecule has 0 fully saturated rings. The zero-order valence-electron chi connectivity index (χ0n) is 16.8. The standard InChI is InChI=1S/C20H27N5O3/c1-5-8-14(6-2)21-19-22-17-16(18(27)24(4)20(28)23(17)3)25(19)12-13-9-7-10-15(26)11-13/h7,9-11,14,26H,5-6,8,12H2,1-4H3,(H,21,22). The maximum Gasteiger partial charge on any atom is 0.332 e. The Morgan fingerprint density at radius 2 is 1.93 bits per heavy atom. The summed E-state index contributed by atoms with van der Waals surface area (Å²) in [5.41, 5.74) is 0.750. The number of hydrogen-bond acceptors (Lipinski definition) is 5. The van der Waals surface area contributed by atoms with E-state index in [0.717, 1.165) is 29.4 Å². The van der Waals surface area contributed by atoms with Gasteiger partial charge in [-0.1, -0.05) is 32.4 Å². The summed E-state index contributed by atoms with van der Waals surface area (Å²) in [5, 5.41) is 13.2. The van der Waals surface area contributed by atoms with Crippen molar-refractivity contribution in [1.82, 2.24) is 18.7 Å². The molecule has 0 radical (unpaired) electrons.